The minimum absolute atomic E-state index is 0.152. The van der Waals surface area contributed by atoms with Crippen LogP contribution >= 0.6 is 0 Å². The van der Waals surface area contributed by atoms with E-state index in [2.05, 4.69) is 4.98 Å². The summed E-state index contributed by atoms with van der Waals surface area (Å²) >= 11 is 0. The largest absolute Gasteiger partial charge is 0.505 e. The Kier molecular flexibility index (Phi) is 7.42. The van der Waals surface area contributed by atoms with Crippen molar-refractivity contribution in [3.63, 3.8) is 0 Å². The summed E-state index contributed by atoms with van der Waals surface area (Å²) in [6.07, 6.45) is 0.677. The van der Waals surface area contributed by atoms with Crippen molar-refractivity contribution in [2.45, 2.75) is 41.5 Å². The molecular weight excluding hydrogens is 238 g/mol. The van der Waals surface area contributed by atoms with Crippen molar-refractivity contribution < 1.29 is 9.90 Å². The van der Waals surface area contributed by atoms with Gasteiger partial charge < -0.3 is 5.11 Å². The van der Waals surface area contributed by atoms with Crippen molar-refractivity contribution >= 4 is 17.2 Å². The average molecular weight is 261 g/mol. The third kappa shape index (κ3) is 3.78. The Morgan fingerprint density at radius 2 is 1.63 bits per heavy atom. The number of aryl methyl sites for hydroxylation is 2. The van der Waals surface area contributed by atoms with Gasteiger partial charge in [0.2, 0.25) is 0 Å². The number of carbonyl (C=O) groups is 1. The standard InChI is InChI=1S/C12H11NO2.2C2H6/c1-7-5-8(2)12(15)11-10(7)4-3-9(6-14)13-11;2*1-2/h3-6,15H,1-2H3;2*1-2H3. The lowest BCUT2D eigenvalue weighted by Gasteiger charge is -2.07. The molecule has 0 fully saturated rings. The lowest BCUT2D eigenvalue weighted by atomic mass is 10.0. The number of aromatic hydroxyl groups is 1. The molecule has 0 amide bonds. The van der Waals surface area contributed by atoms with Gasteiger partial charge in [-0.1, -0.05) is 39.8 Å². The molecule has 0 aliphatic carbocycles. The number of carbonyl (C=O) groups excluding carboxylic acids is 1. The summed E-state index contributed by atoms with van der Waals surface area (Å²) in [6, 6.07) is 5.36. The van der Waals surface area contributed by atoms with Gasteiger partial charge in [0.05, 0.1) is 0 Å². The van der Waals surface area contributed by atoms with Gasteiger partial charge in [0.1, 0.15) is 17.0 Å². The van der Waals surface area contributed by atoms with Crippen LogP contribution in [0.1, 0.15) is 49.3 Å². The first-order valence-electron chi connectivity index (χ1n) is 6.68. The Morgan fingerprint density at radius 3 is 2.16 bits per heavy atom. The molecule has 1 heterocycles. The maximum atomic E-state index is 10.6. The first-order valence-corrected chi connectivity index (χ1v) is 6.68. The summed E-state index contributed by atoms with van der Waals surface area (Å²) in [5, 5.41) is 10.7. The van der Waals surface area contributed by atoms with Gasteiger partial charge in [-0.2, -0.15) is 0 Å². The molecule has 0 saturated heterocycles. The van der Waals surface area contributed by atoms with Crippen molar-refractivity contribution in [1.82, 2.24) is 4.98 Å². The minimum Gasteiger partial charge on any atom is -0.505 e. The zero-order valence-electron chi connectivity index (χ0n) is 12.6. The van der Waals surface area contributed by atoms with E-state index in [1.165, 1.54) is 0 Å². The van der Waals surface area contributed by atoms with Gasteiger partial charge in [-0.05, 0) is 31.0 Å². The number of nitrogens with zero attached hydrogens (tertiary/aromatic N) is 1. The number of phenols is 1. The van der Waals surface area contributed by atoms with Gasteiger partial charge in [0, 0.05) is 5.39 Å². The monoisotopic (exact) mass is 261 g/mol. The predicted molar refractivity (Wildman–Crippen MR) is 81.0 cm³/mol. The van der Waals surface area contributed by atoms with Crippen LogP contribution in [-0.4, -0.2) is 16.4 Å². The zero-order valence-corrected chi connectivity index (χ0v) is 12.6. The van der Waals surface area contributed by atoms with Crippen LogP contribution in [0.5, 0.6) is 5.75 Å². The fourth-order valence-electron chi connectivity index (χ4n) is 1.70. The highest BCUT2D eigenvalue weighted by atomic mass is 16.3. The molecule has 0 saturated carbocycles. The van der Waals surface area contributed by atoms with Gasteiger partial charge >= 0.3 is 0 Å². The minimum atomic E-state index is 0.152. The van der Waals surface area contributed by atoms with Crippen LogP contribution in [0.25, 0.3) is 10.9 Å². The second-order valence-electron chi connectivity index (χ2n) is 3.61. The number of aromatic nitrogens is 1. The highest BCUT2D eigenvalue weighted by Gasteiger charge is 2.08. The number of hydrogen-bond donors (Lipinski definition) is 1. The lowest BCUT2D eigenvalue weighted by Crippen LogP contribution is -1.91. The third-order valence-corrected chi connectivity index (χ3v) is 2.49. The van der Waals surface area contributed by atoms with E-state index in [9.17, 15) is 9.90 Å². The fourth-order valence-corrected chi connectivity index (χ4v) is 1.70. The van der Waals surface area contributed by atoms with Crippen molar-refractivity contribution in [2.24, 2.45) is 0 Å². The Hall–Kier alpha value is -1.90. The molecule has 3 nitrogen and oxygen atoms in total. The van der Waals surface area contributed by atoms with Crippen LogP contribution in [0.4, 0.5) is 0 Å². The number of aldehydes is 1. The molecule has 0 aliphatic heterocycles. The number of pyridine rings is 1. The first-order chi connectivity index (χ1) is 9.13. The quantitative estimate of drug-likeness (QED) is 0.773. The number of fused-ring (bicyclic) bond motifs is 1. The smallest absolute Gasteiger partial charge is 0.168 e. The fraction of sp³-hybridized carbons (Fsp3) is 0.375. The van der Waals surface area contributed by atoms with Crippen LogP contribution in [0.2, 0.25) is 0 Å². The summed E-state index contributed by atoms with van der Waals surface area (Å²) in [7, 11) is 0. The van der Waals surface area contributed by atoms with E-state index < -0.39 is 0 Å². The molecule has 3 heteroatoms. The highest BCUT2D eigenvalue weighted by Crippen LogP contribution is 2.29. The Morgan fingerprint density at radius 1 is 1.05 bits per heavy atom. The normalized spacial score (nSPS) is 8.95. The van der Waals surface area contributed by atoms with Gasteiger partial charge in [-0.25, -0.2) is 4.98 Å². The number of benzene rings is 1. The number of phenolic OH excluding ortho intramolecular Hbond substituents is 1. The Bertz CT molecular complexity index is 548. The SMILES string of the molecule is CC.CC.Cc1cc(C)c2ccc(C=O)nc2c1O. The van der Waals surface area contributed by atoms with Crippen molar-refractivity contribution in [1.29, 1.82) is 0 Å². The molecule has 2 aromatic rings. The molecule has 0 aliphatic rings. The van der Waals surface area contributed by atoms with Gasteiger partial charge in [0.15, 0.2) is 6.29 Å². The van der Waals surface area contributed by atoms with Crippen LogP contribution in [0, 0.1) is 13.8 Å². The van der Waals surface area contributed by atoms with Gasteiger partial charge in [0.25, 0.3) is 0 Å². The molecule has 0 bridgehead atoms. The van der Waals surface area contributed by atoms with Crippen LogP contribution in [0.15, 0.2) is 18.2 Å². The summed E-state index contributed by atoms with van der Waals surface area (Å²) < 4.78 is 0. The molecule has 0 radical (unpaired) electrons. The molecule has 0 unspecified atom stereocenters. The molecule has 1 aromatic heterocycles. The maximum absolute atomic E-state index is 10.6. The van der Waals surface area contributed by atoms with Gasteiger partial charge in [-0.3, -0.25) is 4.79 Å². The van der Waals surface area contributed by atoms with Crippen LogP contribution in [-0.2, 0) is 0 Å². The van der Waals surface area contributed by atoms with Crippen LogP contribution in [0.3, 0.4) is 0 Å². The summed E-state index contributed by atoms with van der Waals surface area (Å²) in [5.74, 6) is 0.152. The number of hydrogen-bond acceptors (Lipinski definition) is 3. The van der Waals surface area contributed by atoms with E-state index >= 15 is 0 Å². The Labute approximate surface area is 115 Å². The maximum Gasteiger partial charge on any atom is 0.168 e. The van der Waals surface area contributed by atoms with Crippen molar-refractivity contribution in [3.8, 4) is 5.75 Å². The molecule has 2 rings (SSSR count). The molecular formula is C16H23NO2. The average Bonchev–Trinajstić information content (AvgIpc) is 2.48. The van der Waals surface area contributed by atoms with E-state index in [4.69, 9.17) is 0 Å². The van der Waals surface area contributed by atoms with E-state index in [0.717, 1.165) is 16.5 Å². The lowest BCUT2D eigenvalue weighted by molar-refractivity contribution is 0.111. The first kappa shape index (κ1) is 17.1. The molecule has 1 N–H and O–H groups in total. The zero-order chi connectivity index (χ0) is 15.0. The molecule has 1 aromatic carbocycles. The van der Waals surface area contributed by atoms with E-state index in [1.54, 1.807) is 12.1 Å². The third-order valence-electron chi connectivity index (χ3n) is 2.49. The summed E-state index contributed by atoms with van der Waals surface area (Å²) in [6.45, 7) is 11.8. The van der Waals surface area contributed by atoms with Crippen LogP contribution < -0.4 is 0 Å². The van der Waals surface area contributed by atoms with Crippen molar-refractivity contribution in [2.75, 3.05) is 0 Å². The summed E-state index contributed by atoms with van der Waals surface area (Å²) in [4.78, 5) is 14.7. The highest BCUT2D eigenvalue weighted by molar-refractivity contribution is 5.90. The molecule has 19 heavy (non-hydrogen) atoms. The summed E-state index contributed by atoms with van der Waals surface area (Å²) in [5.41, 5.74) is 2.65. The second kappa shape index (κ2) is 8.25. The van der Waals surface area contributed by atoms with E-state index in [0.29, 0.717) is 17.5 Å². The van der Waals surface area contributed by atoms with E-state index in [1.807, 2.05) is 47.6 Å². The van der Waals surface area contributed by atoms with Crippen molar-refractivity contribution in [3.05, 3.63) is 35.0 Å². The van der Waals surface area contributed by atoms with Gasteiger partial charge in [-0.15, -0.1) is 0 Å². The molecule has 0 spiro atoms. The Balaban J connectivity index is 0.000000741. The molecule has 104 valence electrons. The number of rotatable bonds is 1. The predicted octanol–water partition coefficient (Wildman–Crippen LogP) is 4.42. The topological polar surface area (TPSA) is 50.2 Å². The second-order valence-corrected chi connectivity index (χ2v) is 3.61. The molecule has 0 atom stereocenters. The van der Waals surface area contributed by atoms with E-state index in [-0.39, 0.29) is 5.75 Å².